The summed E-state index contributed by atoms with van der Waals surface area (Å²) in [4.78, 5) is 16.1. The van der Waals surface area contributed by atoms with Gasteiger partial charge in [0.15, 0.2) is 6.29 Å². The second-order valence-corrected chi connectivity index (χ2v) is 15.9. The van der Waals surface area contributed by atoms with E-state index in [0.717, 1.165) is 27.8 Å². The van der Waals surface area contributed by atoms with Gasteiger partial charge in [-0.05, 0) is 73.8 Å². The lowest BCUT2D eigenvalue weighted by atomic mass is 9.98. The minimum Gasteiger partial charge on any atom is -0.392 e. The van der Waals surface area contributed by atoms with Crippen LogP contribution in [-0.2, 0) is 37.3 Å². The Morgan fingerprint density at radius 3 is 2.18 bits per heavy atom. The van der Waals surface area contributed by atoms with Crippen LogP contribution in [0.1, 0.15) is 65.2 Å². The Morgan fingerprint density at radius 1 is 0.836 bits per heavy atom. The molecule has 0 saturated carbocycles. The second kappa shape index (κ2) is 18.3. The standard InChI is InChI=1S/C44H49N3O7S/c1-30-17-23-39(24-18-30)55(51,52)46-40(25-32-11-6-4-7-12-32)43(50)45-37-16-10-15-36(26-37)44-53-38(27-41(54-44)34-21-19-33(29-48)20-22-34)28-47(3)31(2)42(49)35-13-8-5-9-14-35/h4-24,26,31,38,40-42,44,46,48-49H,25,27-29H2,1-3H3,(H,45,50)/t31-,38+,40+,41-,42-,44-/m0/s1. The number of aryl methyl sites for hydroxylation is 1. The molecule has 6 rings (SSSR count). The average Bonchev–Trinajstić information content (AvgIpc) is 3.20. The number of hydrogen-bond donors (Lipinski definition) is 4. The van der Waals surface area contributed by atoms with Crippen molar-refractivity contribution in [1.29, 1.82) is 0 Å². The highest BCUT2D eigenvalue weighted by Crippen LogP contribution is 2.39. The van der Waals surface area contributed by atoms with Gasteiger partial charge in [-0.1, -0.05) is 115 Å². The molecule has 11 heteroatoms. The number of ether oxygens (including phenoxy) is 2. The lowest BCUT2D eigenvalue weighted by molar-refractivity contribution is -0.253. The first-order valence-corrected chi connectivity index (χ1v) is 19.9. The molecular formula is C44H49N3O7S. The van der Waals surface area contributed by atoms with E-state index in [1.165, 1.54) is 12.1 Å². The molecule has 10 nitrogen and oxygen atoms in total. The third-order valence-corrected chi connectivity index (χ3v) is 11.5. The van der Waals surface area contributed by atoms with E-state index in [-0.39, 0.29) is 36.2 Å². The molecule has 0 aromatic heterocycles. The number of nitrogens with zero attached hydrogens (tertiary/aromatic N) is 1. The Bertz CT molecular complexity index is 2100. The number of nitrogens with one attached hydrogen (secondary N) is 2. The second-order valence-electron chi connectivity index (χ2n) is 14.2. The van der Waals surface area contributed by atoms with Gasteiger partial charge < -0.3 is 25.0 Å². The molecule has 6 atom stereocenters. The van der Waals surface area contributed by atoms with Gasteiger partial charge in [-0.15, -0.1) is 0 Å². The van der Waals surface area contributed by atoms with Crippen molar-refractivity contribution in [1.82, 2.24) is 9.62 Å². The first kappa shape index (κ1) is 40.0. The van der Waals surface area contributed by atoms with Crippen LogP contribution in [-0.4, -0.2) is 61.2 Å². The Kier molecular flexibility index (Phi) is 13.3. The van der Waals surface area contributed by atoms with E-state index in [0.29, 0.717) is 24.2 Å². The van der Waals surface area contributed by atoms with Crippen LogP contribution < -0.4 is 10.0 Å². The highest BCUT2D eigenvalue weighted by atomic mass is 32.2. The van der Waals surface area contributed by atoms with Gasteiger partial charge in [0.1, 0.15) is 6.04 Å². The van der Waals surface area contributed by atoms with Crippen LogP contribution in [0.2, 0.25) is 0 Å². The van der Waals surface area contributed by atoms with Gasteiger partial charge in [-0.25, -0.2) is 8.42 Å². The highest BCUT2D eigenvalue weighted by Gasteiger charge is 2.34. The molecule has 1 amide bonds. The average molecular weight is 764 g/mol. The summed E-state index contributed by atoms with van der Waals surface area (Å²) in [7, 11) is -2.06. The quantitative estimate of drug-likeness (QED) is 0.0935. The molecule has 4 N–H and O–H groups in total. The topological polar surface area (TPSA) is 137 Å². The predicted molar refractivity (Wildman–Crippen MR) is 212 cm³/mol. The number of anilines is 1. The number of rotatable bonds is 15. The van der Waals surface area contributed by atoms with Crippen LogP contribution in [0.4, 0.5) is 5.69 Å². The third-order valence-electron chi connectivity index (χ3n) is 10.1. The molecule has 0 aliphatic carbocycles. The van der Waals surface area contributed by atoms with Crippen LogP contribution in [0.5, 0.6) is 0 Å². The summed E-state index contributed by atoms with van der Waals surface area (Å²) >= 11 is 0. The van der Waals surface area contributed by atoms with Crippen molar-refractivity contribution in [2.45, 2.75) is 74.9 Å². The van der Waals surface area contributed by atoms with Crippen LogP contribution in [0.25, 0.3) is 0 Å². The van der Waals surface area contributed by atoms with Crippen molar-refractivity contribution in [3.63, 3.8) is 0 Å². The zero-order chi connectivity index (χ0) is 39.0. The highest BCUT2D eigenvalue weighted by molar-refractivity contribution is 7.89. The van der Waals surface area contributed by atoms with Gasteiger partial charge in [0.05, 0.1) is 29.8 Å². The summed E-state index contributed by atoms with van der Waals surface area (Å²) < 4.78 is 42.7. The molecule has 0 bridgehead atoms. The van der Waals surface area contributed by atoms with Crippen molar-refractivity contribution in [3.05, 3.63) is 167 Å². The van der Waals surface area contributed by atoms with Crippen molar-refractivity contribution in [2.75, 3.05) is 18.9 Å². The Hall–Kier alpha value is -4.72. The van der Waals surface area contributed by atoms with E-state index in [4.69, 9.17) is 9.47 Å². The molecule has 1 fully saturated rings. The van der Waals surface area contributed by atoms with Gasteiger partial charge in [0.2, 0.25) is 15.9 Å². The van der Waals surface area contributed by atoms with Crippen molar-refractivity contribution in [2.24, 2.45) is 0 Å². The van der Waals surface area contributed by atoms with Gasteiger partial charge >= 0.3 is 0 Å². The van der Waals surface area contributed by atoms with E-state index in [9.17, 15) is 23.4 Å². The summed E-state index contributed by atoms with van der Waals surface area (Å²) in [6.07, 6.45) is -1.45. The molecule has 5 aromatic rings. The van der Waals surface area contributed by atoms with E-state index in [2.05, 4.69) is 14.9 Å². The van der Waals surface area contributed by atoms with Crippen LogP contribution in [0, 0.1) is 6.92 Å². The van der Waals surface area contributed by atoms with Crippen LogP contribution >= 0.6 is 0 Å². The maximum absolute atomic E-state index is 13.9. The number of aliphatic hydroxyl groups is 2. The lowest BCUT2D eigenvalue weighted by Gasteiger charge is -2.39. The minimum absolute atomic E-state index is 0.0648. The predicted octanol–water partition coefficient (Wildman–Crippen LogP) is 6.61. The van der Waals surface area contributed by atoms with Crippen molar-refractivity contribution in [3.8, 4) is 0 Å². The lowest BCUT2D eigenvalue weighted by Crippen LogP contribution is -2.45. The maximum atomic E-state index is 13.9. The molecular weight excluding hydrogens is 715 g/mol. The third kappa shape index (κ3) is 10.5. The number of carbonyl (C=O) groups is 1. The van der Waals surface area contributed by atoms with E-state index in [1.54, 1.807) is 30.3 Å². The molecule has 1 saturated heterocycles. The summed E-state index contributed by atoms with van der Waals surface area (Å²) in [5.74, 6) is -0.519. The number of aliphatic hydroxyl groups excluding tert-OH is 2. The fraction of sp³-hybridized carbons (Fsp3) is 0.295. The van der Waals surface area contributed by atoms with E-state index >= 15 is 0 Å². The fourth-order valence-corrected chi connectivity index (χ4v) is 7.89. The van der Waals surface area contributed by atoms with Gasteiger partial charge in [0.25, 0.3) is 0 Å². The van der Waals surface area contributed by atoms with E-state index < -0.39 is 34.4 Å². The first-order valence-electron chi connectivity index (χ1n) is 18.5. The number of likely N-dealkylation sites (N-methyl/N-ethyl adjacent to an activating group) is 1. The molecule has 1 aliphatic heterocycles. The normalized spacial score (nSPS) is 19.1. The van der Waals surface area contributed by atoms with Crippen LogP contribution in [0.3, 0.4) is 0 Å². The number of sulfonamides is 1. The first-order chi connectivity index (χ1) is 26.5. The van der Waals surface area contributed by atoms with Crippen LogP contribution in [0.15, 0.2) is 138 Å². The summed E-state index contributed by atoms with van der Waals surface area (Å²) in [5.41, 5.74) is 5.40. The Balaban J connectivity index is 1.22. The number of hydrogen-bond acceptors (Lipinski definition) is 8. The number of benzene rings is 5. The number of carbonyl (C=O) groups excluding carboxylic acids is 1. The Labute approximate surface area is 323 Å². The fourth-order valence-electron chi connectivity index (χ4n) is 6.69. The van der Waals surface area contributed by atoms with Gasteiger partial charge in [-0.3, -0.25) is 9.69 Å². The molecule has 1 aliphatic rings. The van der Waals surface area contributed by atoms with Gasteiger partial charge in [-0.2, -0.15) is 4.72 Å². The smallest absolute Gasteiger partial charge is 0.242 e. The number of amides is 1. The minimum atomic E-state index is -4.02. The zero-order valence-electron chi connectivity index (χ0n) is 31.3. The molecule has 0 spiro atoms. The summed E-state index contributed by atoms with van der Waals surface area (Å²) in [5, 5.41) is 23.7. The zero-order valence-corrected chi connectivity index (χ0v) is 32.1. The molecule has 0 radical (unpaired) electrons. The monoisotopic (exact) mass is 763 g/mol. The molecule has 1 heterocycles. The maximum Gasteiger partial charge on any atom is 0.242 e. The molecule has 288 valence electrons. The van der Waals surface area contributed by atoms with E-state index in [1.807, 2.05) is 112 Å². The Morgan fingerprint density at radius 2 is 1.51 bits per heavy atom. The SMILES string of the molecule is Cc1ccc(S(=O)(=O)N[C@H](Cc2ccccc2)C(=O)Nc2cccc([C@H]3O[C@@H](CN(C)[C@@H](C)[C@H](O)c4ccccc4)C[C@@H](c4ccc(CO)cc4)O3)c2)cc1. The van der Waals surface area contributed by atoms with Gasteiger partial charge in [0, 0.05) is 30.3 Å². The summed E-state index contributed by atoms with van der Waals surface area (Å²) in [6.45, 7) is 4.30. The molecule has 5 aromatic carbocycles. The summed E-state index contributed by atoms with van der Waals surface area (Å²) in [6, 6.07) is 38.8. The molecule has 55 heavy (non-hydrogen) atoms. The largest absolute Gasteiger partial charge is 0.392 e. The van der Waals surface area contributed by atoms with Crippen molar-refractivity contribution >= 4 is 21.6 Å². The molecule has 0 unspecified atom stereocenters. The van der Waals surface area contributed by atoms with Crippen molar-refractivity contribution < 1.29 is 32.9 Å².